The highest BCUT2D eigenvalue weighted by Crippen LogP contribution is 2.75. The zero-order chi connectivity index (χ0) is 31.5. The number of Topliss-reactive ketones (excluding diaryl/α,β-unsaturated/α-hetero) is 1. The Morgan fingerprint density at radius 3 is 2.17 bits per heavy atom. The summed E-state index contributed by atoms with van der Waals surface area (Å²) in [6.07, 6.45) is 11.4. The van der Waals surface area contributed by atoms with Crippen LogP contribution in [0.1, 0.15) is 127 Å². The first kappa shape index (κ1) is 32.5. The van der Waals surface area contributed by atoms with Gasteiger partial charge in [-0.25, -0.2) is 0 Å². The lowest BCUT2D eigenvalue weighted by Crippen LogP contribution is -2.67. The van der Waals surface area contributed by atoms with Crippen LogP contribution in [0, 0.1) is 50.2 Å². The monoisotopic (exact) mass is 598 g/mol. The molecule has 0 aromatic heterocycles. The van der Waals surface area contributed by atoms with Gasteiger partial charge in [0.1, 0.15) is 5.41 Å². The predicted octanol–water partition coefficient (Wildman–Crippen LogP) is 9.53. The normalized spacial score (nSPS) is 44.6. The minimum absolute atomic E-state index is 0.0189. The molecule has 0 N–H and O–H groups in total. The fourth-order valence-corrected chi connectivity index (χ4v) is 12.8. The van der Waals surface area contributed by atoms with Gasteiger partial charge >= 0.3 is 5.97 Å². The molecular weight excluding hydrogens is 536 g/mol. The summed E-state index contributed by atoms with van der Waals surface area (Å²) in [5.74, 6) is 0.914. The molecule has 5 aliphatic rings. The molecule has 5 aliphatic carbocycles. The fourth-order valence-electron chi connectivity index (χ4n) is 11.4. The van der Waals surface area contributed by atoms with Gasteiger partial charge in [0.25, 0.3) is 0 Å². The molecule has 42 heavy (non-hydrogen) atoms. The van der Waals surface area contributed by atoms with E-state index in [9.17, 15) is 9.59 Å². The van der Waals surface area contributed by atoms with Gasteiger partial charge in [0.2, 0.25) is 0 Å². The first-order valence-electron chi connectivity index (χ1n) is 17.0. The number of esters is 1. The average molecular weight is 599 g/mol. The van der Waals surface area contributed by atoms with Crippen LogP contribution in [0.4, 0.5) is 0 Å². The SMILES string of the molecule is COC(=O)[C@]12CCC(C)(C)C[C@H]1C1=CC[C@@H]3[C@@]4(C)CC[C@H](O[Si](C)(C)C(C)(C)C)C(C)(C)[C@@H]4CC[C@@]3(C)[C@]1(C)CC2=O. The molecule has 0 bridgehead atoms. The van der Waals surface area contributed by atoms with E-state index in [1.54, 1.807) is 0 Å². The molecule has 0 heterocycles. The largest absolute Gasteiger partial charge is 0.468 e. The Kier molecular flexibility index (Phi) is 7.37. The number of methoxy groups -OCH3 is 1. The number of carbonyl (C=O) groups excluding carboxylic acids is 2. The molecule has 238 valence electrons. The van der Waals surface area contributed by atoms with Gasteiger partial charge in [-0.05, 0) is 103 Å². The van der Waals surface area contributed by atoms with Gasteiger partial charge in [0.15, 0.2) is 14.1 Å². The Morgan fingerprint density at radius 2 is 1.57 bits per heavy atom. The third kappa shape index (κ3) is 4.20. The summed E-state index contributed by atoms with van der Waals surface area (Å²) in [5, 5.41) is 0.203. The van der Waals surface area contributed by atoms with Crippen molar-refractivity contribution in [1.82, 2.24) is 0 Å². The second-order valence-electron chi connectivity index (χ2n) is 19.0. The molecule has 0 unspecified atom stereocenters. The van der Waals surface area contributed by atoms with Crippen LogP contribution in [-0.2, 0) is 18.8 Å². The maximum absolute atomic E-state index is 14.4. The molecule has 0 spiro atoms. The number of carbonyl (C=O) groups is 2. The Balaban J connectivity index is 1.54. The van der Waals surface area contributed by atoms with Gasteiger partial charge in [-0.2, -0.15) is 0 Å². The van der Waals surface area contributed by atoms with E-state index >= 15 is 0 Å². The Hall–Kier alpha value is -0.943. The van der Waals surface area contributed by atoms with E-state index in [2.05, 4.69) is 88.4 Å². The van der Waals surface area contributed by atoms with Crippen molar-refractivity contribution in [2.75, 3.05) is 7.11 Å². The summed E-state index contributed by atoms with van der Waals surface area (Å²) in [4.78, 5) is 27.9. The number of fused-ring (bicyclic) bond motifs is 7. The lowest BCUT2D eigenvalue weighted by atomic mass is 9.33. The maximum Gasteiger partial charge on any atom is 0.319 e. The molecule has 8 atom stereocenters. The summed E-state index contributed by atoms with van der Waals surface area (Å²) in [6.45, 7) is 29.0. The van der Waals surface area contributed by atoms with E-state index in [1.807, 2.05) is 0 Å². The molecule has 5 rings (SSSR count). The molecule has 0 aromatic rings. The molecule has 4 nitrogen and oxygen atoms in total. The van der Waals surface area contributed by atoms with Crippen molar-refractivity contribution in [3.05, 3.63) is 11.6 Å². The van der Waals surface area contributed by atoms with E-state index < -0.39 is 13.7 Å². The molecule has 4 fully saturated rings. The third-order valence-corrected chi connectivity index (χ3v) is 19.7. The first-order valence-corrected chi connectivity index (χ1v) is 19.9. The first-order chi connectivity index (χ1) is 19.0. The smallest absolute Gasteiger partial charge is 0.319 e. The summed E-state index contributed by atoms with van der Waals surface area (Å²) in [5.41, 5.74) is 0.609. The zero-order valence-electron chi connectivity index (χ0n) is 29.4. The minimum atomic E-state index is -1.89. The van der Waals surface area contributed by atoms with Gasteiger partial charge < -0.3 is 9.16 Å². The highest BCUT2D eigenvalue weighted by molar-refractivity contribution is 6.74. The van der Waals surface area contributed by atoms with Gasteiger partial charge in [-0.15, -0.1) is 0 Å². The van der Waals surface area contributed by atoms with E-state index in [0.717, 1.165) is 32.1 Å². The number of hydrogen-bond acceptors (Lipinski definition) is 4. The molecule has 0 aliphatic heterocycles. The third-order valence-electron chi connectivity index (χ3n) is 15.2. The van der Waals surface area contributed by atoms with Crippen LogP contribution in [0.2, 0.25) is 18.1 Å². The van der Waals surface area contributed by atoms with Crippen molar-refractivity contribution in [3.8, 4) is 0 Å². The van der Waals surface area contributed by atoms with Gasteiger partial charge in [0, 0.05) is 17.8 Å². The van der Waals surface area contributed by atoms with Gasteiger partial charge in [0.05, 0.1) is 13.2 Å². The lowest BCUT2D eigenvalue weighted by Gasteiger charge is -2.71. The average Bonchev–Trinajstić information content (AvgIpc) is 2.85. The molecular formula is C37H62O4Si. The van der Waals surface area contributed by atoms with E-state index in [4.69, 9.17) is 9.16 Å². The second-order valence-corrected chi connectivity index (χ2v) is 23.8. The van der Waals surface area contributed by atoms with Gasteiger partial charge in [-0.3, -0.25) is 9.59 Å². The molecule has 0 radical (unpaired) electrons. The standard InChI is InChI=1S/C37H62O4Si/c1-31(2,3)42(12,13)41-29-17-18-34(8)26(33(29,6)7)16-19-35(9)27(34)15-14-24-25-22-32(4,5)20-21-37(25,30(39)40-11)28(38)23-36(24,35)10/h14,25-27,29H,15-23H2,1-13H3/t25-,26-,27+,29-,34-,35+,36+,37+/m0/s1. The Morgan fingerprint density at radius 1 is 0.929 bits per heavy atom. The summed E-state index contributed by atoms with van der Waals surface area (Å²) < 4.78 is 12.6. The van der Waals surface area contributed by atoms with Crippen molar-refractivity contribution < 1.29 is 18.8 Å². The molecule has 0 amide bonds. The van der Waals surface area contributed by atoms with Crippen LogP contribution in [0.25, 0.3) is 0 Å². The quantitative estimate of drug-likeness (QED) is 0.140. The number of ether oxygens (including phenoxy) is 1. The summed E-state index contributed by atoms with van der Waals surface area (Å²) in [6, 6.07) is 0. The van der Waals surface area contributed by atoms with Crippen LogP contribution < -0.4 is 0 Å². The predicted molar refractivity (Wildman–Crippen MR) is 174 cm³/mol. The van der Waals surface area contributed by atoms with Crippen molar-refractivity contribution in [2.45, 2.75) is 151 Å². The van der Waals surface area contributed by atoms with Crippen LogP contribution >= 0.6 is 0 Å². The molecule has 4 saturated carbocycles. The molecule has 0 saturated heterocycles. The number of rotatable bonds is 3. The van der Waals surface area contributed by atoms with Crippen LogP contribution in [0.15, 0.2) is 11.6 Å². The topological polar surface area (TPSA) is 52.6 Å². The zero-order valence-corrected chi connectivity index (χ0v) is 30.4. The summed E-state index contributed by atoms with van der Waals surface area (Å²) >= 11 is 0. The number of allylic oxidation sites excluding steroid dienone is 2. The lowest BCUT2D eigenvalue weighted by molar-refractivity contribution is -0.203. The van der Waals surface area contributed by atoms with Crippen molar-refractivity contribution in [3.63, 3.8) is 0 Å². The van der Waals surface area contributed by atoms with Crippen LogP contribution in [-0.4, -0.2) is 33.3 Å². The Labute approximate surface area is 258 Å². The van der Waals surface area contributed by atoms with E-state index in [-0.39, 0.29) is 49.8 Å². The van der Waals surface area contributed by atoms with Crippen LogP contribution in [0.5, 0.6) is 0 Å². The van der Waals surface area contributed by atoms with E-state index in [1.165, 1.54) is 25.5 Å². The highest BCUT2D eigenvalue weighted by atomic mass is 28.4. The van der Waals surface area contributed by atoms with Crippen molar-refractivity contribution >= 4 is 20.1 Å². The van der Waals surface area contributed by atoms with E-state index in [0.29, 0.717) is 30.8 Å². The highest BCUT2D eigenvalue weighted by Gasteiger charge is 2.71. The fraction of sp³-hybridized carbons (Fsp3) is 0.892. The molecule has 0 aromatic carbocycles. The maximum atomic E-state index is 14.4. The van der Waals surface area contributed by atoms with Crippen molar-refractivity contribution in [1.29, 1.82) is 0 Å². The number of ketones is 1. The van der Waals surface area contributed by atoms with Crippen LogP contribution in [0.3, 0.4) is 0 Å². The second kappa shape index (κ2) is 9.53. The molecule has 5 heteroatoms. The Bertz CT molecular complexity index is 1170. The summed E-state index contributed by atoms with van der Waals surface area (Å²) in [7, 11) is -0.418. The van der Waals surface area contributed by atoms with Crippen molar-refractivity contribution in [2.24, 2.45) is 50.2 Å². The number of hydrogen-bond donors (Lipinski definition) is 0. The van der Waals surface area contributed by atoms with Gasteiger partial charge in [-0.1, -0.05) is 80.9 Å². The minimum Gasteiger partial charge on any atom is -0.468 e.